The molecule has 2 N–H and O–H groups in total. The minimum absolute atomic E-state index is 0.0600. The molecule has 0 aliphatic carbocycles. The van der Waals surface area contributed by atoms with Crippen LogP contribution in [0.4, 0.5) is 0 Å². The van der Waals surface area contributed by atoms with Crippen molar-refractivity contribution in [2.45, 2.75) is 19.4 Å². The van der Waals surface area contributed by atoms with E-state index in [-0.39, 0.29) is 12.3 Å². The van der Waals surface area contributed by atoms with Gasteiger partial charge in [-0.2, -0.15) is 0 Å². The number of halogens is 1. The number of aliphatic carboxylic acids is 1. The van der Waals surface area contributed by atoms with E-state index in [1.165, 1.54) is 27.0 Å². The number of likely N-dealkylation sites (N-methyl/N-ethyl adjacent to an activating group) is 1. The number of hydrogen-bond acceptors (Lipinski definition) is 4. The van der Waals surface area contributed by atoms with Crippen molar-refractivity contribution < 1.29 is 23.9 Å². The van der Waals surface area contributed by atoms with Crippen LogP contribution in [0, 0.1) is 0 Å². The van der Waals surface area contributed by atoms with E-state index in [9.17, 15) is 14.4 Å². The number of carbonyl (C=O) groups excluding carboxylic acids is 2. The van der Waals surface area contributed by atoms with Crippen LogP contribution in [0.3, 0.4) is 0 Å². The molecule has 110 valence electrons. The topological polar surface area (TPSA) is 99.9 Å². The highest BCUT2D eigenvalue weighted by atomic mass is 79.9. The molecule has 1 aromatic rings. The largest absolute Gasteiger partial charge is 0.480 e. The Morgan fingerprint density at radius 1 is 1.40 bits per heavy atom. The number of amides is 2. The maximum absolute atomic E-state index is 11.8. The van der Waals surface area contributed by atoms with Gasteiger partial charge in [-0.15, -0.1) is 0 Å². The molecule has 0 fully saturated rings. The Labute approximate surface area is 124 Å². The molecule has 0 atom stereocenters. The first-order chi connectivity index (χ1) is 9.16. The van der Waals surface area contributed by atoms with Gasteiger partial charge in [0.05, 0.1) is 6.54 Å². The molecule has 7 nitrogen and oxygen atoms in total. The van der Waals surface area contributed by atoms with Crippen LogP contribution in [0.1, 0.15) is 24.4 Å². The van der Waals surface area contributed by atoms with E-state index < -0.39 is 23.3 Å². The normalized spacial score (nSPS) is 11.0. The highest BCUT2D eigenvalue weighted by molar-refractivity contribution is 9.10. The number of nitrogens with zero attached hydrogens (tertiary/aromatic N) is 1. The van der Waals surface area contributed by atoms with E-state index in [1.807, 2.05) is 0 Å². The minimum Gasteiger partial charge on any atom is -0.480 e. The SMILES string of the molecule is CN(C(=O)CNC(=O)c1ccc(Br)o1)C(C)(C)C(=O)O. The summed E-state index contributed by atoms with van der Waals surface area (Å²) >= 11 is 3.06. The predicted octanol–water partition coefficient (Wildman–Crippen LogP) is 1.09. The summed E-state index contributed by atoms with van der Waals surface area (Å²) in [7, 11) is 1.37. The molecule has 0 spiro atoms. The van der Waals surface area contributed by atoms with Gasteiger partial charge in [0.15, 0.2) is 10.4 Å². The molecular weight excluding hydrogens is 332 g/mol. The molecular formula is C12H15BrN2O5. The molecule has 1 heterocycles. The Balaban J connectivity index is 2.60. The fourth-order valence-corrected chi connectivity index (χ4v) is 1.56. The van der Waals surface area contributed by atoms with Crippen molar-refractivity contribution in [1.82, 2.24) is 10.2 Å². The molecule has 0 radical (unpaired) electrons. The van der Waals surface area contributed by atoms with Gasteiger partial charge in [0.2, 0.25) is 5.91 Å². The molecule has 0 aliphatic heterocycles. The number of carboxylic acid groups (broad SMARTS) is 1. The summed E-state index contributed by atoms with van der Waals surface area (Å²) in [4.78, 5) is 35.6. The molecule has 0 unspecified atom stereocenters. The number of furan rings is 1. The fourth-order valence-electron chi connectivity index (χ4n) is 1.25. The van der Waals surface area contributed by atoms with Gasteiger partial charge >= 0.3 is 5.97 Å². The van der Waals surface area contributed by atoms with Gasteiger partial charge in [-0.3, -0.25) is 9.59 Å². The lowest BCUT2D eigenvalue weighted by molar-refractivity contribution is -0.154. The Morgan fingerprint density at radius 3 is 2.45 bits per heavy atom. The van der Waals surface area contributed by atoms with Crippen LogP contribution in [-0.2, 0) is 9.59 Å². The average Bonchev–Trinajstić information content (AvgIpc) is 2.81. The van der Waals surface area contributed by atoms with Crippen LogP contribution in [0.15, 0.2) is 21.2 Å². The Hall–Kier alpha value is -1.83. The number of rotatable bonds is 5. The van der Waals surface area contributed by atoms with Crippen LogP contribution in [-0.4, -0.2) is 46.9 Å². The molecule has 8 heteroatoms. The predicted molar refractivity (Wildman–Crippen MR) is 73.2 cm³/mol. The first kappa shape index (κ1) is 16.2. The maximum atomic E-state index is 11.8. The van der Waals surface area contributed by atoms with Crippen LogP contribution in [0.5, 0.6) is 0 Å². The number of nitrogens with one attached hydrogen (secondary N) is 1. The van der Waals surface area contributed by atoms with Crippen molar-refractivity contribution in [3.8, 4) is 0 Å². The molecule has 0 saturated heterocycles. The molecule has 0 aliphatic rings. The molecule has 1 aromatic heterocycles. The van der Waals surface area contributed by atoms with E-state index in [2.05, 4.69) is 21.2 Å². The second-order valence-electron chi connectivity index (χ2n) is 4.60. The molecule has 2 amide bonds. The van der Waals surface area contributed by atoms with Crippen molar-refractivity contribution in [3.63, 3.8) is 0 Å². The van der Waals surface area contributed by atoms with Crippen molar-refractivity contribution in [1.29, 1.82) is 0 Å². The highest BCUT2D eigenvalue weighted by Gasteiger charge is 2.35. The Morgan fingerprint density at radius 2 is 2.00 bits per heavy atom. The second kappa shape index (κ2) is 6.08. The van der Waals surface area contributed by atoms with Crippen LogP contribution >= 0.6 is 15.9 Å². The number of hydrogen-bond donors (Lipinski definition) is 2. The lowest BCUT2D eigenvalue weighted by Crippen LogP contribution is -2.53. The molecule has 0 saturated carbocycles. The summed E-state index contributed by atoms with van der Waals surface area (Å²) in [6, 6.07) is 3.01. The zero-order chi connectivity index (χ0) is 15.5. The lowest BCUT2D eigenvalue weighted by atomic mass is 10.0. The first-order valence-electron chi connectivity index (χ1n) is 5.70. The van der Waals surface area contributed by atoms with Crippen molar-refractivity contribution in [2.24, 2.45) is 0 Å². The number of carbonyl (C=O) groups is 3. The van der Waals surface area contributed by atoms with Gasteiger partial charge in [-0.25, -0.2) is 4.79 Å². The van der Waals surface area contributed by atoms with E-state index in [0.29, 0.717) is 4.67 Å². The molecule has 0 bridgehead atoms. The highest BCUT2D eigenvalue weighted by Crippen LogP contribution is 2.14. The van der Waals surface area contributed by atoms with Gasteiger partial charge in [-0.1, -0.05) is 0 Å². The monoisotopic (exact) mass is 346 g/mol. The summed E-state index contributed by atoms with van der Waals surface area (Å²) < 4.78 is 5.43. The zero-order valence-electron chi connectivity index (χ0n) is 11.3. The molecule has 0 aromatic carbocycles. The number of carboxylic acids is 1. The summed E-state index contributed by atoms with van der Waals surface area (Å²) in [5.41, 5.74) is -1.35. The molecule has 1 rings (SSSR count). The van der Waals surface area contributed by atoms with E-state index in [1.54, 1.807) is 6.07 Å². The van der Waals surface area contributed by atoms with Crippen LogP contribution in [0.2, 0.25) is 0 Å². The summed E-state index contributed by atoms with van der Waals surface area (Å²) in [5.74, 6) is -2.14. The summed E-state index contributed by atoms with van der Waals surface area (Å²) in [5, 5.41) is 11.4. The third-order valence-electron chi connectivity index (χ3n) is 2.93. The first-order valence-corrected chi connectivity index (χ1v) is 6.49. The fraction of sp³-hybridized carbons (Fsp3) is 0.417. The van der Waals surface area contributed by atoms with Gasteiger partial charge in [-0.05, 0) is 41.9 Å². The van der Waals surface area contributed by atoms with E-state index >= 15 is 0 Å². The van der Waals surface area contributed by atoms with Gasteiger partial charge in [0.1, 0.15) is 5.54 Å². The second-order valence-corrected chi connectivity index (χ2v) is 5.38. The van der Waals surface area contributed by atoms with Crippen molar-refractivity contribution >= 4 is 33.7 Å². The molecule has 20 heavy (non-hydrogen) atoms. The van der Waals surface area contributed by atoms with E-state index in [4.69, 9.17) is 9.52 Å². The quantitative estimate of drug-likeness (QED) is 0.831. The van der Waals surface area contributed by atoms with Gasteiger partial charge in [0.25, 0.3) is 5.91 Å². The van der Waals surface area contributed by atoms with Crippen molar-refractivity contribution in [3.05, 3.63) is 22.6 Å². The van der Waals surface area contributed by atoms with Crippen LogP contribution < -0.4 is 5.32 Å². The van der Waals surface area contributed by atoms with Gasteiger partial charge < -0.3 is 19.7 Å². The third kappa shape index (κ3) is 3.60. The zero-order valence-corrected chi connectivity index (χ0v) is 12.9. The Kier molecular flexibility index (Phi) is 4.93. The standard InChI is InChI=1S/C12H15BrN2O5/c1-12(2,11(18)19)15(3)9(16)6-14-10(17)7-4-5-8(13)20-7/h4-5H,6H2,1-3H3,(H,14,17)(H,18,19). The Bertz CT molecular complexity index is 538. The third-order valence-corrected chi connectivity index (χ3v) is 3.36. The summed E-state index contributed by atoms with van der Waals surface area (Å²) in [6.45, 7) is 2.49. The average molecular weight is 347 g/mol. The summed E-state index contributed by atoms with van der Waals surface area (Å²) in [6.07, 6.45) is 0. The smallest absolute Gasteiger partial charge is 0.329 e. The van der Waals surface area contributed by atoms with Gasteiger partial charge in [0, 0.05) is 7.05 Å². The van der Waals surface area contributed by atoms with Crippen LogP contribution in [0.25, 0.3) is 0 Å². The van der Waals surface area contributed by atoms with Crippen molar-refractivity contribution in [2.75, 3.05) is 13.6 Å². The van der Waals surface area contributed by atoms with E-state index in [0.717, 1.165) is 4.90 Å². The minimum atomic E-state index is -1.35. The maximum Gasteiger partial charge on any atom is 0.329 e. The lowest BCUT2D eigenvalue weighted by Gasteiger charge is -2.31.